The fourth-order valence-electron chi connectivity index (χ4n) is 2.38. The predicted molar refractivity (Wildman–Crippen MR) is 104 cm³/mol. The van der Waals surface area contributed by atoms with Gasteiger partial charge in [0, 0.05) is 23.4 Å². The molecule has 2 amide bonds. The van der Waals surface area contributed by atoms with E-state index in [2.05, 4.69) is 10.3 Å². The number of carbonyl (C=O) groups is 2. The monoisotopic (exact) mass is 402 g/mol. The maximum absolute atomic E-state index is 12.8. The van der Waals surface area contributed by atoms with Gasteiger partial charge in [-0.1, -0.05) is 11.6 Å². The maximum atomic E-state index is 12.8. The second-order valence-electron chi connectivity index (χ2n) is 5.47. The van der Waals surface area contributed by atoms with Crippen LogP contribution >= 0.6 is 23.8 Å². The first-order chi connectivity index (χ1) is 12.9. The van der Waals surface area contributed by atoms with Crippen molar-refractivity contribution >= 4 is 64.0 Å². The maximum Gasteiger partial charge on any atom is 0.269 e. The van der Waals surface area contributed by atoms with E-state index < -0.39 is 22.7 Å². The van der Waals surface area contributed by atoms with Crippen LogP contribution in [0.3, 0.4) is 0 Å². The Morgan fingerprint density at radius 2 is 1.78 bits per heavy atom. The van der Waals surface area contributed by atoms with Gasteiger partial charge in [-0.25, -0.2) is 0 Å². The minimum absolute atomic E-state index is 0.0349. The van der Waals surface area contributed by atoms with Gasteiger partial charge < -0.3 is 5.32 Å². The zero-order chi connectivity index (χ0) is 19.6. The van der Waals surface area contributed by atoms with Gasteiger partial charge in [-0.2, -0.15) is 0 Å². The number of anilines is 1. The zero-order valence-corrected chi connectivity index (χ0v) is 15.1. The summed E-state index contributed by atoms with van der Waals surface area (Å²) in [5.74, 6) is -2.35. The van der Waals surface area contributed by atoms with Crippen molar-refractivity contribution in [2.45, 2.75) is 0 Å². The lowest BCUT2D eigenvalue weighted by molar-refractivity contribution is -0.384. The van der Waals surface area contributed by atoms with Crippen molar-refractivity contribution in [1.82, 2.24) is 5.32 Å². The molecular weight excluding hydrogens is 392 g/mol. The van der Waals surface area contributed by atoms with E-state index in [0.717, 1.165) is 0 Å². The van der Waals surface area contributed by atoms with E-state index in [1.54, 1.807) is 24.3 Å². The van der Waals surface area contributed by atoms with Crippen molar-refractivity contribution in [1.29, 1.82) is 0 Å². The molecule has 27 heavy (non-hydrogen) atoms. The summed E-state index contributed by atoms with van der Waals surface area (Å²) in [7, 11) is 0. The summed E-state index contributed by atoms with van der Waals surface area (Å²) in [5, 5.41) is 13.6. The number of hydrogen-bond acceptors (Lipinski definition) is 6. The summed E-state index contributed by atoms with van der Waals surface area (Å²) in [6, 6.07) is 11.8. The Labute approximate surface area is 163 Å². The highest BCUT2D eigenvalue weighted by Crippen LogP contribution is 2.23. The van der Waals surface area contributed by atoms with Gasteiger partial charge in [0.1, 0.15) is 0 Å². The Balaban J connectivity index is 1.84. The SMILES string of the molecule is O=C1NC(=S)N(c2ccc(Cl)cc2)C(=O)[C@@H]1C=Nc1ccc([N+](=O)[O-])cc1. The highest BCUT2D eigenvalue weighted by molar-refractivity contribution is 7.80. The number of benzene rings is 2. The van der Waals surface area contributed by atoms with Gasteiger partial charge in [0.15, 0.2) is 11.0 Å². The van der Waals surface area contributed by atoms with E-state index in [9.17, 15) is 19.7 Å². The molecule has 1 saturated heterocycles. The van der Waals surface area contributed by atoms with Crippen LogP contribution in [0.4, 0.5) is 17.1 Å². The van der Waals surface area contributed by atoms with Crippen LogP contribution in [0.1, 0.15) is 0 Å². The van der Waals surface area contributed by atoms with E-state index >= 15 is 0 Å². The molecule has 0 bridgehead atoms. The number of non-ortho nitro benzene ring substituents is 1. The Hall–Kier alpha value is -3.17. The standard InChI is InChI=1S/C17H11ClN4O4S/c18-10-1-5-12(6-2-10)21-16(24)14(15(23)20-17(21)27)9-19-11-3-7-13(8-4-11)22(25)26/h1-9,14H,(H,20,23,27)/t14-/m1/s1. The molecule has 0 aliphatic carbocycles. The van der Waals surface area contributed by atoms with Gasteiger partial charge in [-0.3, -0.25) is 29.6 Å². The van der Waals surface area contributed by atoms with E-state index in [0.29, 0.717) is 16.4 Å². The number of nitro groups is 1. The van der Waals surface area contributed by atoms with Crippen molar-refractivity contribution in [3.63, 3.8) is 0 Å². The number of amides is 2. The first-order valence-corrected chi connectivity index (χ1v) is 8.38. The van der Waals surface area contributed by atoms with Gasteiger partial charge in [-0.15, -0.1) is 0 Å². The Bertz CT molecular complexity index is 960. The molecule has 0 unspecified atom stereocenters. The van der Waals surface area contributed by atoms with E-state index in [-0.39, 0.29) is 10.8 Å². The minimum Gasteiger partial charge on any atom is -0.301 e. The fraction of sp³-hybridized carbons (Fsp3) is 0.0588. The third-order valence-corrected chi connectivity index (χ3v) is 4.26. The molecule has 2 aromatic rings. The van der Waals surface area contributed by atoms with E-state index in [1.807, 2.05) is 0 Å². The van der Waals surface area contributed by atoms with Crippen molar-refractivity contribution in [2.75, 3.05) is 4.90 Å². The number of nitrogens with zero attached hydrogens (tertiary/aromatic N) is 3. The van der Waals surface area contributed by atoms with Crippen LogP contribution in [0.5, 0.6) is 0 Å². The highest BCUT2D eigenvalue weighted by atomic mass is 35.5. The smallest absolute Gasteiger partial charge is 0.269 e. The first-order valence-electron chi connectivity index (χ1n) is 7.60. The normalized spacial score (nSPS) is 17.3. The van der Waals surface area contributed by atoms with Crippen molar-refractivity contribution in [3.8, 4) is 0 Å². The molecule has 2 aromatic carbocycles. The molecule has 0 radical (unpaired) electrons. The van der Waals surface area contributed by atoms with Gasteiger partial charge in [0.2, 0.25) is 5.91 Å². The molecule has 1 N–H and O–H groups in total. The lowest BCUT2D eigenvalue weighted by atomic mass is 10.1. The lowest BCUT2D eigenvalue weighted by Gasteiger charge is -2.30. The summed E-state index contributed by atoms with van der Waals surface area (Å²) in [4.78, 5) is 40.3. The minimum atomic E-state index is -1.19. The average molecular weight is 403 g/mol. The first kappa shape index (κ1) is 18.6. The molecule has 0 aromatic heterocycles. The van der Waals surface area contributed by atoms with Crippen LogP contribution in [0.25, 0.3) is 0 Å². The second-order valence-corrected chi connectivity index (χ2v) is 6.30. The molecule has 136 valence electrons. The molecular formula is C17H11ClN4O4S. The predicted octanol–water partition coefficient (Wildman–Crippen LogP) is 3.01. The molecule has 0 saturated carbocycles. The van der Waals surface area contributed by atoms with Crippen molar-refractivity contribution in [3.05, 3.63) is 63.7 Å². The van der Waals surface area contributed by atoms with Gasteiger partial charge in [0.05, 0.1) is 16.3 Å². The number of carbonyl (C=O) groups excluding carboxylic acids is 2. The van der Waals surface area contributed by atoms with Crippen LogP contribution in [-0.4, -0.2) is 28.1 Å². The number of nitrogens with one attached hydrogen (secondary N) is 1. The largest absolute Gasteiger partial charge is 0.301 e. The van der Waals surface area contributed by atoms with Crippen LogP contribution in [-0.2, 0) is 9.59 Å². The number of thiocarbonyl (C=S) groups is 1. The van der Waals surface area contributed by atoms with Crippen LogP contribution in [0, 0.1) is 16.0 Å². The molecule has 0 spiro atoms. The number of aliphatic imine (C=N–C) groups is 1. The van der Waals surface area contributed by atoms with E-state index in [4.69, 9.17) is 23.8 Å². The third-order valence-electron chi connectivity index (χ3n) is 3.72. The van der Waals surface area contributed by atoms with Crippen LogP contribution in [0.2, 0.25) is 5.02 Å². The summed E-state index contributed by atoms with van der Waals surface area (Å²) >= 11 is 11.0. The second kappa shape index (κ2) is 7.60. The topological polar surface area (TPSA) is 105 Å². The van der Waals surface area contributed by atoms with E-state index in [1.165, 1.54) is 35.4 Å². The third kappa shape index (κ3) is 3.99. The molecule has 8 nitrogen and oxygen atoms in total. The Kier molecular flexibility index (Phi) is 5.24. The molecule has 1 fully saturated rings. The molecule has 1 aliphatic rings. The summed E-state index contributed by atoms with van der Waals surface area (Å²) in [6.45, 7) is 0. The molecule has 1 heterocycles. The summed E-state index contributed by atoms with van der Waals surface area (Å²) in [5.41, 5.74) is 0.746. The molecule has 1 atom stereocenters. The number of hydrogen-bond donors (Lipinski definition) is 1. The average Bonchev–Trinajstić information content (AvgIpc) is 2.63. The number of nitro benzene ring substituents is 1. The van der Waals surface area contributed by atoms with Crippen molar-refractivity contribution < 1.29 is 14.5 Å². The van der Waals surface area contributed by atoms with Gasteiger partial charge in [0.25, 0.3) is 11.6 Å². The molecule has 10 heteroatoms. The summed E-state index contributed by atoms with van der Waals surface area (Å²) in [6.07, 6.45) is 1.18. The number of halogens is 1. The van der Waals surface area contributed by atoms with Gasteiger partial charge >= 0.3 is 0 Å². The zero-order valence-electron chi connectivity index (χ0n) is 13.5. The quantitative estimate of drug-likeness (QED) is 0.278. The van der Waals surface area contributed by atoms with Crippen LogP contribution < -0.4 is 10.2 Å². The molecule has 1 aliphatic heterocycles. The highest BCUT2D eigenvalue weighted by Gasteiger charge is 2.38. The Morgan fingerprint density at radius 1 is 1.15 bits per heavy atom. The molecule has 3 rings (SSSR count). The van der Waals surface area contributed by atoms with Crippen LogP contribution in [0.15, 0.2) is 53.5 Å². The lowest BCUT2D eigenvalue weighted by Crippen LogP contribution is -2.58. The Morgan fingerprint density at radius 3 is 2.37 bits per heavy atom. The van der Waals surface area contributed by atoms with Gasteiger partial charge in [-0.05, 0) is 48.6 Å². The van der Waals surface area contributed by atoms with Crippen molar-refractivity contribution in [2.24, 2.45) is 10.9 Å². The number of rotatable bonds is 4. The summed E-state index contributed by atoms with van der Waals surface area (Å²) < 4.78 is 0. The fourth-order valence-corrected chi connectivity index (χ4v) is 2.80.